The molecular weight excluding hydrogens is 255 g/mol. The van der Waals surface area contributed by atoms with Gasteiger partial charge in [-0.05, 0) is 23.8 Å². The fourth-order valence-electron chi connectivity index (χ4n) is 1.81. The summed E-state index contributed by atoms with van der Waals surface area (Å²) in [4.78, 5) is 0. The molecule has 0 aliphatic heterocycles. The van der Waals surface area contributed by atoms with Crippen molar-refractivity contribution in [2.24, 2.45) is 5.73 Å². The molecule has 1 unspecified atom stereocenters. The molecule has 2 aromatic rings. The van der Waals surface area contributed by atoms with Crippen LogP contribution in [0.2, 0.25) is 0 Å². The molecule has 2 rings (SSSR count). The number of hydrogen-bond donors (Lipinski definition) is 1. The molecule has 2 N–H and O–H groups in total. The third kappa shape index (κ3) is 2.56. The van der Waals surface area contributed by atoms with Crippen molar-refractivity contribution in [2.45, 2.75) is 6.04 Å². The Kier molecular flexibility index (Phi) is 3.76. The van der Waals surface area contributed by atoms with Crippen LogP contribution >= 0.6 is 0 Å². The molecule has 0 aromatic heterocycles. The molecular formula is C14H12F3NO. The number of benzene rings is 2. The molecule has 0 aliphatic rings. The van der Waals surface area contributed by atoms with Crippen LogP contribution in [0.3, 0.4) is 0 Å². The third-order valence-corrected chi connectivity index (χ3v) is 2.85. The predicted octanol–water partition coefficient (Wildman–Crippen LogP) is 3.16. The van der Waals surface area contributed by atoms with Crippen LogP contribution in [0.4, 0.5) is 13.2 Å². The normalized spacial score (nSPS) is 12.3. The van der Waals surface area contributed by atoms with E-state index >= 15 is 0 Å². The highest BCUT2D eigenvalue weighted by atomic mass is 19.2. The Morgan fingerprint density at radius 1 is 1.05 bits per heavy atom. The number of nitrogens with two attached hydrogens (primary N) is 1. The maximum atomic E-state index is 14.0. The van der Waals surface area contributed by atoms with E-state index in [4.69, 9.17) is 10.5 Å². The van der Waals surface area contributed by atoms with Crippen molar-refractivity contribution >= 4 is 0 Å². The Hall–Kier alpha value is -2.01. The molecule has 0 saturated heterocycles. The van der Waals surface area contributed by atoms with Crippen molar-refractivity contribution in [3.8, 4) is 5.75 Å². The number of hydrogen-bond acceptors (Lipinski definition) is 2. The van der Waals surface area contributed by atoms with E-state index in [9.17, 15) is 13.2 Å². The zero-order valence-corrected chi connectivity index (χ0v) is 10.2. The summed E-state index contributed by atoms with van der Waals surface area (Å²) in [5, 5.41) is 0. The van der Waals surface area contributed by atoms with E-state index in [1.54, 1.807) is 6.07 Å². The average molecular weight is 267 g/mol. The first-order valence-electron chi connectivity index (χ1n) is 5.57. The monoisotopic (exact) mass is 267 g/mol. The summed E-state index contributed by atoms with van der Waals surface area (Å²) in [6, 6.07) is 6.85. The predicted molar refractivity (Wildman–Crippen MR) is 65.3 cm³/mol. The summed E-state index contributed by atoms with van der Waals surface area (Å²) in [6.45, 7) is 0. The lowest BCUT2D eigenvalue weighted by atomic mass is 9.98. The molecule has 2 aromatic carbocycles. The van der Waals surface area contributed by atoms with E-state index in [0.717, 1.165) is 12.1 Å². The lowest BCUT2D eigenvalue weighted by molar-refractivity contribution is 0.383. The Balaban J connectivity index is 2.43. The van der Waals surface area contributed by atoms with E-state index in [2.05, 4.69) is 0 Å². The van der Waals surface area contributed by atoms with Gasteiger partial charge in [0.2, 0.25) is 0 Å². The lowest BCUT2D eigenvalue weighted by Gasteiger charge is -2.15. The highest BCUT2D eigenvalue weighted by Gasteiger charge is 2.17. The van der Waals surface area contributed by atoms with Crippen molar-refractivity contribution in [1.82, 2.24) is 0 Å². The van der Waals surface area contributed by atoms with E-state index in [-0.39, 0.29) is 16.9 Å². The fourth-order valence-corrected chi connectivity index (χ4v) is 1.81. The summed E-state index contributed by atoms with van der Waals surface area (Å²) in [7, 11) is 1.34. The first-order chi connectivity index (χ1) is 9.04. The second kappa shape index (κ2) is 5.32. The van der Waals surface area contributed by atoms with Crippen LogP contribution in [0.15, 0.2) is 36.4 Å². The van der Waals surface area contributed by atoms with E-state index in [0.29, 0.717) is 0 Å². The molecule has 0 bridgehead atoms. The molecule has 0 aliphatic carbocycles. The zero-order valence-electron chi connectivity index (χ0n) is 10.2. The zero-order chi connectivity index (χ0) is 14.0. The molecule has 0 heterocycles. The fraction of sp³-hybridized carbons (Fsp3) is 0.143. The molecule has 2 nitrogen and oxygen atoms in total. The molecule has 0 saturated carbocycles. The van der Waals surface area contributed by atoms with Gasteiger partial charge in [-0.2, -0.15) is 0 Å². The molecule has 100 valence electrons. The number of rotatable bonds is 3. The number of halogens is 3. The van der Waals surface area contributed by atoms with Gasteiger partial charge >= 0.3 is 0 Å². The quantitative estimate of drug-likeness (QED) is 0.927. The van der Waals surface area contributed by atoms with Crippen LogP contribution in [0, 0.1) is 17.5 Å². The second-order valence-corrected chi connectivity index (χ2v) is 4.01. The minimum Gasteiger partial charge on any atom is -0.494 e. The molecule has 19 heavy (non-hydrogen) atoms. The Morgan fingerprint density at radius 2 is 1.79 bits per heavy atom. The van der Waals surface area contributed by atoms with Gasteiger partial charge in [0, 0.05) is 5.56 Å². The first kappa shape index (κ1) is 13.4. The molecule has 0 radical (unpaired) electrons. The van der Waals surface area contributed by atoms with Gasteiger partial charge in [0.15, 0.2) is 23.2 Å². The van der Waals surface area contributed by atoms with Crippen LogP contribution in [0.5, 0.6) is 5.75 Å². The minimum absolute atomic E-state index is 0.0514. The molecule has 5 heteroatoms. The number of ether oxygens (including phenoxy) is 1. The van der Waals surface area contributed by atoms with Gasteiger partial charge in [-0.15, -0.1) is 0 Å². The highest BCUT2D eigenvalue weighted by molar-refractivity contribution is 5.38. The molecule has 0 fully saturated rings. The average Bonchev–Trinajstić information content (AvgIpc) is 2.41. The van der Waals surface area contributed by atoms with E-state index in [1.807, 2.05) is 0 Å². The molecule has 0 spiro atoms. The Bertz CT molecular complexity index is 601. The van der Waals surface area contributed by atoms with E-state index < -0.39 is 23.5 Å². The first-order valence-corrected chi connectivity index (χ1v) is 5.57. The maximum Gasteiger partial charge on any atom is 0.170 e. The van der Waals surface area contributed by atoms with Gasteiger partial charge in [0.05, 0.1) is 13.2 Å². The minimum atomic E-state index is -1.02. The van der Waals surface area contributed by atoms with E-state index in [1.165, 1.54) is 25.3 Å². The lowest BCUT2D eigenvalue weighted by Crippen LogP contribution is -2.14. The Labute approximate surface area is 108 Å². The third-order valence-electron chi connectivity index (χ3n) is 2.85. The summed E-state index contributed by atoms with van der Waals surface area (Å²) >= 11 is 0. The van der Waals surface area contributed by atoms with Crippen molar-refractivity contribution in [3.63, 3.8) is 0 Å². The smallest absolute Gasteiger partial charge is 0.170 e. The largest absolute Gasteiger partial charge is 0.494 e. The summed E-state index contributed by atoms with van der Waals surface area (Å²) < 4.78 is 44.9. The van der Waals surface area contributed by atoms with Gasteiger partial charge in [0.1, 0.15) is 0 Å². The van der Waals surface area contributed by atoms with Gasteiger partial charge in [-0.3, -0.25) is 0 Å². The summed E-state index contributed by atoms with van der Waals surface area (Å²) in [6.07, 6.45) is 0. The van der Waals surface area contributed by atoms with Gasteiger partial charge < -0.3 is 10.5 Å². The van der Waals surface area contributed by atoms with Crippen LogP contribution in [-0.2, 0) is 0 Å². The molecule has 1 atom stereocenters. The van der Waals surface area contributed by atoms with Gasteiger partial charge in [-0.1, -0.05) is 18.2 Å². The van der Waals surface area contributed by atoms with Crippen molar-refractivity contribution in [2.75, 3.05) is 7.11 Å². The Morgan fingerprint density at radius 3 is 2.42 bits per heavy atom. The number of methoxy groups -OCH3 is 1. The summed E-state index contributed by atoms with van der Waals surface area (Å²) in [5.74, 6) is -2.55. The van der Waals surface area contributed by atoms with Crippen LogP contribution in [0.25, 0.3) is 0 Å². The molecule has 0 amide bonds. The van der Waals surface area contributed by atoms with Gasteiger partial charge in [0.25, 0.3) is 0 Å². The van der Waals surface area contributed by atoms with Crippen LogP contribution in [-0.4, -0.2) is 7.11 Å². The van der Waals surface area contributed by atoms with Gasteiger partial charge in [-0.25, -0.2) is 13.2 Å². The van der Waals surface area contributed by atoms with Crippen LogP contribution in [0.1, 0.15) is 17.2 Å². The highest BCUT2D eigenvalue weighted by Crippen LogP contribution is 2.28. The van der Waals surface area contributed by atoms with Crippen molar-refractivity contribution < 1.29 is 17.9 Å². The van der Waals surface area contributed by atoms with Crippen molar-refractivity contribution in [1.29, 1.82) is 0 Å². The SMILES string of the molecule is COc1cccc(C(N)c2ccc(F)c(F)c2)c1F. The van der Waals surface area contributed by atoms with Crippen LogP contribution < -0.4 is 10.5 Å². The second-order valence-electron chi connectivity index (χ2n) is 4.01. The topological polar surface area (TPSA) is 35.2 Å². The maximum absolute atomic E-state index is 14.0. The standard InChI is InChI=1S/C14H12F3NO/c1-19-12-4-2-3-9(13(12)17)14(18)8-5-6-10(15)11(16)7-8/h2-7,14H,18H2,1H3. The van der Waals surface area contributed by atoms with Crippen molar-refractivity contribution in [3.05, 3.63) is 65.0 Å². The summed E-state index contributed by atoms with van der Waals surface area (Å²) in [5.41, 5.74) is 6.32.